The van der Waals surface area contributed by atoms with Gasteiger partial charge in [-0.2, -0.15) is 0 Å². The molecule has 21 heavy (non-hydrogen) atoms. The second-order valence-electron chi connectivity index (χ2n) is 5.94. The fraction of sp³-hybridized carbons (Fsp3) is 0.412. The molecule has 3 rings (SSSR count). The topological polar surface area (TPSA) is 29.0 Å². The van der Waals surface area contributed by atoms with Gasteiger partial charge in [0, 0.05) is 25.1 Å². The van der Waals surface area contributed by atoms with Crippen molar-refractivity contribution in [3.8, 4) is 0 Å². The average molecular weight is 302 g/mol. The van der Waals surface area contributed by atoms with Gasteiger partial charge in [-0.15, -0.1) is 0 Å². The van der Waals surface area contributed by atoms with Gasteiger partial charge in [-0.1, -0.05) is 41.4 Å². The average Bonchev–Trinajstić information content (AvgIpc) is 3.26. The third kappa shape index (κ3) is 3.18. The van der Waals surface area contributed by atoms with Crippen LogP contribution in [-0.2, 0) is 6.54 Å². The summed E-state index contributed by atoms with van der Waals surface area (Å²) >= 11 is 6.29. The van der Waals surface area contributed by atoms with E-state index in [0.717, 1.165) is 23.8 Å². The maximum Gasteiger partial charge on any atom is 0.137 e. The molecule has 1 heterocycles. The van der Waals surface area contributed by atoms with Crippen LogP contribution in [0.5, 0.6) is 0 Å². The number of halogens is 1. The number of hydrogen-bond donors (Lipinski definition) is 0. The minimum atomic E-state index is 0.509. The van der Waals surface area contributed by atoms with Gasteiger partial charge in [-0.05, 0) is 32.3 Å². The van der Waals surface area contributed by atoms with Crippen molar-refractivity contribution in [2.45, 2.75) is 39.2 Å². The molecule has 1 aliphatic carbocycles. The Morgan fingerprint density at radius 1 is 1.24 bits per heavy atom. The van der Waals surface area contributed by atoms with E-state index in [-0.39, 0.29) is 0 Å². The fourth-order valence-corrected chi connectivity index (χ4v) is 2.72. The molecule has 2 aromatic rings. The van der Waals surface area contributed by atoms with Crippen LogP contribution in [0.3, 0.4) is 0 Å². The molecule has 1 aromatic carbocycles. The smallest absolute Gasteiger partial charge is 0.137 e. The zero-order valence-electron chi connectivity index (χ0n) is 12.7. The van der Waals surface area contributed by atoms with Crippen molar-refractivity contribution in [3.05, 3.63) is 51.9 Å². The van der Waals surface area contributed by atoms with Crippen molar-refractivity contribution in [2.75, 3.05) is 11.9 Å². The van der Waals surface area contributed by atoms with E-state index in [1.54, 1.807) is 0 Å². The molecule has 1 fully saturated rings. The minimum Gasteiger partial charge on any atom is -0.355 e. The molecule has 0 spiro atoms. The third-order valence-electron chi connectivity index (χ3n) is 3.88. The zero-order valence-corrected chi connectivity index (χ0v) is 13.5. The second kappa shape index (κ2) is 5.64. The summed E-state index contributed by atoms with van der Waals surface area (Å²) in [6.07, 6.45) is 2.36. The van der Waals surface area contributed by atoms with Gasteiger partial charge in [-0.3, -0.25) is 0 Å². The van der Waals surface area contributed by atoms with Crippen molar-refractivity contribution in [1.82, 2.24) is 9.97 Å². The van der Waals surface area contributed by atoms with Crippen LogP contribution >= 0.6 is 11.6 Å². The van der Waals surface area contributed by atoms with Crippen LogP contribution in [0.15, 0.2) is 24.3 Å². The second-order valence-corrected chi connectivity index (χ2v) is 6.30. The molecule has 110 valence electrons. The quantitative estimate of drug-likeness (QED) is 0.790. The van der Waals surface area contributed by atoms with E-state index in [9.17, 15) is 0 Å². The lowest BCUT2D eigenvalue weighted by Gasteiger charge is -2.21. The van der Waals surface area contributed by atoms with Gasteiger partial charge in [0.2, 0.25) is 0 Å². The Balaban J connectivity index is 1.88. The molecule has 0 saturated heterocycles. The normalized spacial score (nSPS) is 14.3. The molecule has 1 aromatic heterocycles. The number of hydrogen-bond acceptors (Lipinski definition) is 3. The Hall–Kier alpha value is -1.61. The molecule has 4 heteroatoms. The van der Waals surface area contributed by atoms with Gasteiger partial charge in [0.25, 0.3) is 0 Å². The van der Waals surface area contributed by atoms with Gasteiger partial charge in [0.05, 0.1) is 0 Å². The summed E-state index contributed by atoms with van der Waals surface area (Å²) in [5.74, 6) is 2.35. The Bertz CT molecular complexity index is 665. The fourth-order valence-electron chi connectivity index (χ4n) is 2.55. The molecule has 0 radical (unpaired) electrons. The van der Waals surface area contributed by atoms with Crippen molar-refractivity contribution in [1.29, 1.82) is 0 Å². The molecule has 1 aliphatic rings. The Labute approximate surface area is 131 Å². The van der Waals surface area contributed by atoms with Crippen molar-refractivity contribution in [3.63, 3.8) is 0 Å². The van der Waals surface area contributed by atoms with Crippen molar-refractivity contribution < 1.29 is 0 Å². The Morgan fingerprint density at radius 3 is 2.67 bits per heavy atom. The number of benzene rings is 1. The van der Waals surface area contributed by atoms with Crippen LogP contribution in [-0.4, -0.2) is 17.0 Å². The van der Waals surface area contributed by atoms with E-state index >= 15 is 0 Å². The van der Waals surface area contributed by atoms with Crippen molar-refractivity contribution in [2.24, 2.45) is 0 Å². The lowest BCUT2D eigenvalue weighted by molar-refractivity contribution is 0.844. The lowest BCUT2D eigenvalue weighted by Crippen LogP contribution is -2.20. The summed E-state index contributed by atoms with van der Waals surface area (Å²) in [4.78, 5) is 11.3. The molecule has 0 N–H and O–H groups in total. The number of aromatic nitrogens is 2. The van der Waals surface area contributed by atoms with Crippen LogP contribution < -0.4 is 4.90 Å². The van der Waals surface area contributed by atoms with Crippen LogP contribution in [0.2, 0.25) is 5.15 Å². The van der Waals surface area contributed by atoms with E-state index < -0.39 is 0 Å². The molecule has 1 saturated carbocycles. The summed E-state index contributed by atoms with van der Waals surface area (Å²) in [6, 6.07) is 8.55. The first-order valence-corrected chi connectivity index (χ1v) is 7.73. The molecular formula is C17H20ClN3. The largest absolute Gasteiger partial charge is 0.355 e. The van der Waals surface area contributed by atoms with Gasteiger partial charge in [-0.25, -0.2) is 9.97 Å². The number of anilines is 1. The first kappa shape index (κ1) is 14.3. The monoisotopic (exact) mass is 301 g/mol. The molecule has 3 nitrogen and oxygen atoms in total. The van der Waals surface area contributed by atoms with Crippen molar-refractivity contribution >= 4 is 17.4 Å². The Kier molecular flexibility index (Phi) is 3.85. The van der Waals surface area contributed by atoms with Crippen LogP contribution in [0.4, 0.5) is 5.82 Å². The van der Waals surface area contributed by atoms with Crippen LogP contribution in [0.1, 0.15) is 41.3 Å². The first-order chi connectivity index (χ1) is 10.0. The molecule has 0 amide bonds. The van der Waals surface area contributed by atoms with Gasteiger partial charge >= 0.3 is 0 Å². The summed E-state index contributed by atoms with van der Waals surface area (Å²) in [6.45, 7) is 4.92. The maximum atomic E-state index is 6.29. The highest BCUT2D eigenvalue weighted by atomic mass is 35.5. The molecule has 0 aliphatic heterocycles. The van der Waals surface area contributed by atoms with Gasteiger partial charge in [0.15, 0.2) is 0 Å². The molecular weight excluding hydrogens is 282 g/mol. The minimum absolute atomic E-state index is 0.509. The van der Waals surface area contributed by atoms with Crippen LogP contribution in [0, 0.1) is 13.8 Å². The molecule has 0 atom stereocenters. The van der Waals surface area contributed by atoms with Crippen LogP contribution in [0.25, 0.3) is 0 Å². The summed E-state index contributed by atoms with van der Waals surface area (Å²) < 4.78 is 0. The maximum absolute atomic E-state index is 6.29. The predicted molar refractivity (Wildman–Crippen MR) is 87.0 cm³/mol. The van der Waals surface area contributed by atoms with E-state index in [1.807, 2.05) is 6.92 Å². The Morgan fingerprint density at radius 2 is 2.00 bits per heavy atom. The summed E-state index contributed by atoms with van der Waals surface area (Å²) in [5.41, 5.74) is 3.51. The highest BCUT2D eigenvalue weighted by Gasteiger charge is 2.28. The predicted octanol–water partition coefficient (Wildman–Crippen LogP) is 4.26. The van der Waals surface area contributed by atoms with E-state index in [4.69, 9.17) is 16.6 Å². The first-order valence-electron chi connectivity index (χ1n) is 7.35. The molecule has 0 unspecified atom stereocenters. The van der Waals surface area contributed by atoms with Gasteiger partial charge in [0.1, 0.15) is 16.8 Å². The lowest BCUT2D eigenvalue weighted by atomic mass is 10.1. The van der Waals surface area contributed by atoms with Gasteiger partial charge < -0.3 is 4.90 Å². The van der Waals surface area contributed by atoms with E-state index in [2.05, 4.69) is 48.1 Å². The summed E-state index contributed by atoms with van der Waals surface area (Å²) in [5, 5.41) is 0.581. The standard InChI is InChI=1S/C17H20ClN3/c1-11-5-4-6-13(9-11)10-21(3)17-12(2)15(18)19-16(20-17)14-7-8-14/h4-6,9,14H,7-8,10H2,1-3H3. The zero-order chi connectivity index (χ0) is 15.0. The number of nitrogens with zero attached hydrogens (tertiary/aromatic N) is 3. The van der Waals surface area contributed by atoms with E-state index in [1.165, 1.54) is 24.0 Å². The SMILES string of the molecule is Cc1cccc(CN(C)c2nc(C3CC3)nc(Cl)c2C)c1. The highest BCUT2D eigenvalue weighted by molar-refractivity contribution is 6.30. The summed E-state index contributed by atoms with van der Waals surface area (Å²) in [7, 11) is 2.06. The highest BCUT2D eigenvalue weighted by Crippen LogP contribution is 2.39. The van der Waals surface area contributed by atoms with E-state index in [0.29, 0.717) is 11.1 Å². The number of rotatable bonds is 4. The number of aryl methyl sites for hydroxylation is 1. The third-order valence-corrected chi connectivity index (χ3v) is 4.25. The molecule has 0 bridgehead atoms.